The molecule has 8 nitrogen and oxygen atoms in total. The van der Waals surface area contributed by atoms with Gasteiger partial charge in [0.1, 0.15) is 21.2 Å². The highest BCUT2D eigenvalue weighted by molar-refractivity contribution is 7.20. The molecule has 186 valence electrons. The molecule has 0 bridgehead atoms. The number of carboxylic acid groups (broad SMARTS) is 1. The number of pyridine rings is 1. The second-order valence-electron chi connectivity index (χ2n) is 9.01. The van der Waals surface area contributed by atoms with E-state index < -0.39 is 12.3 Å². The fraction of sp³-hybridized carbons (Fsp3) is 0.320. The minimum Gasteiger partial charge on any atom is -0.477 e. The van der Waals surface area contributed by atoms with Crippen molar-refractivity contribution >= 4 is 50.9 Å². The van der Waals surface area contributed by atoms with Crippen molar-refractivity contribution in [2.45, 2.75) is 31.6 Å². The predicted molar refractivity (Wildman–Crippen MR) is 137 cm³/mol. The SMILES string of the molecule is Cn1c(CN2CCC(c3cccc4c3OC(c3cc(Cl)c(Cl)cn3)O4)CC2)nc2sc(C(=O)O)cc21. The zero-order chi connectivity index (χ0) is 25.0. The Kier molecular flexibility index (Phi) is 6.03. The molecule has 1 fully saturated rings. The maximum Gasteiger partial charge on any atom is 0.346 e. The van der Waals surface area contributed by atoms with Crippen molar-refractivity contribution in [1.82, 2.24) is 19.4 Å². The summed E-state index contributed by atoms with van der Waals surface area (Å²) >= 11 is 13.4. The number of halogens is 2. The average molecular weight is 545 g/mol. The number of carbonyl (C=O) groups is 1. The van der Waals surface area contributed by atoms with Crippen molar-refractivity contribution in [3.8, 4) is 11.5 Å². The van der Waals surface area contributed by atoms with Crippen molar-refractivity contribution in [3.63, 3.8) is 0 Å². The van der Waals surface area contributed by atoms with Crippen LogP contribution in [0.2, 0.25) is 10.0 Å². The third-order valence-corrected chi connectivity index (χ3v) is 8.53. The van der Waals surface area contributed by atoms with Gasteiger partial charge >= 0.3 is 5.97 Å². The zero-order valence-corrected chi connectivity index (χ0v) is 21.6. The Morgan fingerprint density at radius 1 is 1.19 bits per heavy atom. The average Bonchev–Trinajstić information content (AvgIpc) is 3.56. The van der Waals surface area contributed by atoms with E-state index in [0.717, 1.165) is 60.0 Å². The molecular formula is C25H22Cl2N4O4S. The molecule has 1 aromatic carbocycles. The highest BCUT2D eigenvalue weighted by Crippen LogP contribution is 2.47. The van der Waals surface area contributed by atoms with Gasteiger partial charge in [-0.15, -0.1) is 11.3 Å². The van der Waals surface area contributed by atoms with E-state index in [0.29, 0.717) is 32.3 Å². The largest absolute Gasteiger partial charge is 0.477 e. The first-order valence-corrected chi connectivity index (χ1v) is 13.1. The van der Waals surface area contributed by atoms with Crippen LogP contribution in [0, 0.1) is 0 Å². The summed E-state index contributed by atoms with van der Waals surface area (Å²) in [4.78, 5) is 23.7. The smallest absolute Gasteiger partial charge is 0.346 e. The maximum absolute atomic E-state index is 11.3. The van der Waals surface area contributed by atoms with Crippen LogP contribution < -0.4 is 9.47 Å². The van der Waals surface area contributed by atoms with E-state index >= 15 is 0 Å². The van der Waals surface area contributed by atoms with E-state index in [4.69, 9.17) is 37.7 Å². The summed E-state index contributed by atoms with van der Waals surface area (Å²) < 4.78 is 14.2. The normalized spacial score (nSPS) is 18.2. The molecule has 11 heteroatoms. The quantitative estimate of drug-likeness (QED) is 0.335. The van der Waals surface area contributed by atoms with E-state index in [1.807, 2.05) is 23.7 Å². The summed E-state index contributed by atoms with van der Waals surface area (Å²) in [6.07, 6.45) is 2.81. The van der Waals surface area contributed by atoms with Gasteiger partial charge in [0.2, 0.25) is 0 Å². The monoisotopic (exact) mass is 544 g/mol. The number of rotatable bonds is 5. The summed E-state index contributed by atoms with van der Waals surface area (Å²) in [6, 6.07) is 9.39. The Balaban J connectivity index is 1.13. The standard InChI is InChI=1S/C25H22Cl2N4O4S/c1-30-18-10-20(24(32)33)36-23(18)29-21(30)12-31-7-5-13(6-8-31)14-3-2-4-19-22(14)35-25(34-19)17-9-15(26)16(27)11-28-17/h2-4,9-11,13,25H,5-8,12H2,1H3,(H,32,33). The van der Waals surface area contributed by atoms with Gasteiger partial charge in [-0.3, -0.25) is 9.88 Å². The van der Waals surface area contributed by atoms with Gasteiger partial charge in [0, 0.05) is 18.8 Å². The lowest BCUT2D eigenvalue weighted by Crippen LogP contribution is -2.33. The summed E-state index contributed by atoms with van der Waals surface area (Å²) in [5, 5.41) is 10.0. The molecule has 36 heavy (non-hydrogen) atoms. The second-order valence-corrected chi connectivity index (χ2v) is 10.9. The number of fused-ring (bicyclic) bond motifs is 2. The Hall–Kier alpha value is -2.85. The molecule has 1 N–H and O–H groups in total. The number of nitrogens with zero attached hydrogens (tertiary/aromatic N) is 4. The van der Waals surface area contributed by atoms with Crippen LogP contribution in [0.15, 0.2) is 36.5 Å². The molecule has 3 aromatic heterocycles. The van der Waals surface area contributed by atoms with Crippen molar-refractivity contribution in [3.05, 3.63) is 68.5 Å². The molecule has 0 spiro atoms. The number of likely N-dealkylation sites (tertiary alicyclic amines) is 1. The van der Waals surface area contributed by atoms with Gasteiger partial charge in [0.25, 0.3) is 6.29 Å². The fourth-order valence-corrected chi connectivity index (χ4v) is 6.05. The number of ether oxygens (including phenoxy) is 2. The number of imidazole rings is 1. The lowest BCUT2D eigenvalue weighted by Gasteiger charge is -2.32. The highest BCUT2D eigenvalue weighted by Gasteiger charge is 2.33. The molecule has 0 radical (unpaired) electrons. The molecule has 1 unspecified atom stereocenters. The second kappa shape index (κ2) is 9.23. The van der Waals surface area contributed by atoms with E-state index in [1.165, 1.54) is 17.5 Å². The van der Waals surface area contributed by atoms with E-state index in [9.17, 15) is 9.90 Å². The van der Waals surface area contributed by atoms with Crippen LogP contribution >= 0.6 is 34.5 Å². The lowest BCUT2D eigenvalue weighted by atomic mass is 9.88. The minimum atomic E-state index is -0.914. The Labute approximate surface area is 221 Å². The number of aromatic nitrogens is 3. The summed E-state index contributed by atoms with van der Waals surface area (Å²) in [7, 11) is 1.94. The van der Waals surface area contributed by atoms with Crippen LogP contribution in [0.5, 0.6) is 11.5 Å². The van der Waals surface area contributed by atoms with Crippen LogP contribution in [0.1, 0.15) is 51.8 Å². The van der Waals surface area contributed by atoms with Crippen LogP contribution in [0.25, 0.3) is 10.3 Å². The van der Waals surface area contributed by atoms with Crippen LogP contribution in [0.3, 0.4) is 0 Å². The van der Waals surface area contributed by atoms with Gasteiger partial charge in [0.05, 0.1) is 22.1 Å². The molecule has 1 saturated heterocycles. The Morgan fingerprint density at radius 3 is 2.72 bits per heavy atom. The first-order chi connectivity index (χ1) is 17.4. The van der Waals surface area contributed by atoms with Gasteiger partial charge in [-0.25, -0.2) is 9.78 Å². The number of hydrogen-bond donors (Lipinski definition) is 1. The number of benzene rings is 1. The molecule has 2 aliphatic heterocycles. The molecule has 6 rings (SSSR count). The summed E-state index contributed by atoms with van der Waals surface area (Å²) in [5.74, 6) is 1.86. The minimum absolute atomic E-state index is 0.314. The van der Waals surface area contributed by atoms with Gasteiger partial charge in [-0.1, -0.05) is 35.3 Å². The molecule has 0 amide bonds. The summed E-state index contributed by atoms with van der Waals surface area (Å²) in [5.41, 5.74) is 2.59. The maximum atomic E-state index is 11.3. The van der Waals surface area contributed by atoms with E-state index in [1.54, 1.807) is 12.1 Å². The Morgan fingerprint density at radius 2 is 2.00 bits per heavy atom. The first kappa shape index (κ1) is 23.5. The number of thiophene rings is 1. The van der Waals surface area contributed by atoms with Gasteiger partial charge in [-0.2, -0.15) is 0 Å². The van der Waals surface area contributed by atoms with Gasteiger partial charge in [-0.05, 0) is 50.0 Å². The van der Waals surface area contributed by atoms with Crippen molar-refractivity contribution in [1.29, 1.82) is 0 Å². The van der Waals surface area contributed by atoms with Crippen molar-refractivity contribution in [2.75, 3.05) is 13.1 Å². The molecular weight excluding hydrogens is 523 g/mol. The van der Waals surface area contributed by atoms with Crippen molar-refractivity contribution < 1.29 is 19.4 Å². The molecule has 1 atom stereocenters. The molecule has 2 aliphatic rings. The zero-order valence-electron chi connectivity index (χ0n) is 19.3. The van der Waals surface area contributed by atoms with Gasteiger partial charge < -0.3 is 19.1 Å². The topological polar surface area (TPSA) is 89.7 Å². The van der Waals surface area contributed by atoms with E-state index in [2.05, 4.69) is 16.0 Å². The number of hydrogen-bond acceptors (Lipinski definition) is 7. The molecule has 0 saturated carbocycles. The molecule has 5 heterocycles. The number of piperidine rings is 1. The third kappa shape index (κ3) is 4.20. The van der Waals surface area contributed by atoms with Gasteiger partial charge in [0.15, 0.2) is 11.5 Å². The lowest BCUT2D eigenvalue weighted by molar-refractivity contribution is 0.0438. The number of para-hydroxylation sites is 1. The summed E-state index contributed by atoms with van der Waals surface area (Å²) in [6.45, 7) is 2.58. The number of carboxylic acids is 1. The number of aromatic carboxylic acids is 1. The fourth-order valence-electron chi connectivity index (χ4n) is 4.87. The highest BCUT2D eigenvalue weighted by atomic mass is 35.5. The van der Waals surface area contributed by atoms with Crippen LogP contribution in [-0.4, -0.2) is 43.6 Å². The van der Waals surface area contributed by atoms with E-state index in [-0.39, 0.29) is 0 Å². The molecule has 4 aromatic rings. The predicted octanol–water partition coefficient (Wildman–Crippen LogP) is 5.88. The van der Waals surface area contributed by atoms with Crippen LogP contribution in [-0.2, 0) is 13.6 Å². The number of aryl methyl sites for hydroxylation is 1. The third-order valence-electron chi connectivity index (χ3n) is 6.82. The Bertz CT molecular complexity index is 1480. The van der Waals surface area contributed by atoms with Crippen LogP contribution in [0.4, 0.5) is 0 Å². The van der Waals surface area contributed by atoms with Crippen molar-refractivity contribution in [2.24, 2.45) is 7.05 Å². The first-order valence-electron chi connectivity index (χ1n) is 11.6. The molecule has 0 aliphatic carbocycles.